The van der Waals surface area contributed by atoms with E-state index in [4.69, 9.17) is 11.1 Å². The van der Waals surface area contributed by atoms with Crippen LogP contribution in [0.25, 0.3) is 20.9 Å². The molecule has 0 aromatic heterocycles. The van der Waals surface area contributed by atoms with E-state index in [-0.39, 0.29) is 0 Å². The quantitative estimate of drug-likeness (QED) is 0.324. The zero-order chi connectivity index (χ0) is 8.74. The van der Waals surface area contributed by atoms with Crippen LogP contribution in [0.5, 0.6) is 0 Å². The van der Waals surface area contributed by atoms with Crippen LogP contribution in [0.1, 0.15) is 13.8 Å². The Morgan fingerprint density at radius 3 is 1.64 bits per heavy atom. The van der Waals surface area contributed by atoms with Gasteiger partial charge in [0.05, 0.1) is 0 Å². The van der Waals surface area contributed by atoms with Crippen LogP contribution in [-0.2, 0) is 0 Å². The molecule has 0 atom stereocenters. The van der Waals surface area contributed by atoms with Crippen molar-refractivity contribution in [2.24, 2.45) is 6.73 Å². The molecule has 0 amide bonds. The summed E-state index contributed by atoms with van der Waals surface area (Å²) in [4.78, 5) is 5.43. The maximum absolute atomic E-state index is 8.21. The van der Waals surface area contributed by atoms with Gasteiger partial charge in [-0.25, -0.2) is 0 Å². The molecule has 0 spiro atoms. The number of nitrogens with zero attached hydrogens (tertiary/aromatic N) is 6. The molecule has 0 aliphatic rings. The molecular weight excluding hydrogens is 260 g/mol. The first kappa shape index (κ1) is 10.4. The van der Waals surface area contributed by atoms with Crippen molar-refractivity contribution in [1.82, 2.24) is 0 Å². The average molecular weight is 270 g/mol. The van der Waals surface area contributed by atoms with E-state index < -0.39 is 18.7 Å². The van der Waals surface area contributed by atoms with Gasteiger partial charge in [-0.2, -0.15) is 0 Å². The summed E-state index contributed by atoms with van der Waals surface area (Å²) < 4.78 is 8.70. The Morgan fingerprint density at radius 1 is 1.09 bits per heavy atom. The Hall–Kier alpha value is -0.590. The molecule has 62 valence electrons. The molecule has 0 aromatic rings. The van der Waals surface area contributed by atoms with Crippen LogP contribution < -0.4 is 0 Å². The monoisotopic (exact) mass is 272 g/mol. The van der Waals surface area contributed by atoms with Crippen molar-refractivity contribution in [2.45, 2.75) is 22.8 Å². The van der Waals surface area contributed by atoms with Gasteiger partial charge in [-0.15, -0.1) is 0 Å². The third-order valence-electron chi connectivity index (χ3n) is 1.30. The first-order valence-electron chi connectivity index (χ1n) is 3.16. The van der Waals surface area contributed by atoms with Crippen molar-refractivity contribution in [3.63, 3.8) is 0 Å². The third-order valence-corrected chi connectivity index (χ3v) is 8.73. The second-order valence-electron chi connectivity index (χ2n) is 1.72. The van der Waals surface area contributed by atoms with Crippen LogP contribution >= 0.6 is 0 Å². The van der Waals surface area contributed by atoms with Crippen molar-refractivity contribution in [3.8, 4) is 0 Å². The predicted molar refractivity (Wildman–Crippen MR) is 45.0 cm³/mol. The van der Waals surface area contributed by atoms with Crippen molar-refractivity contribution < 1.29 is 0 Å². The van der Waals surface area contributed by atoms with E-state index in [9.17, 15) is 0 Å². The van der Waals surface area contributed by atoms with Gasteiger partial charge in [-0.05, 0) is 0 Å². The third kappa shape index (κ3) is 2.87. The zero-order valence-electron chi connectivity index (χ0n) is 6.51. The molecule has 6 nitrogen and oxygen atoms in total. The van der Waals surface area contributed by atoms with Gasteiger partial charge in [-0.3, -0.25) is 0 Å². The fraction of sp³-hybridized carbons (Fsp3) is 1.00. The van der Waals surface area contributed by atoms with Gasteiger partial charge in [0.1, 0.15) is 0 Å². The van der Waals surface area contributed by atoms with Gasteiger partial charge in [0.15, 0.2) is 0 Å². The summed E-state index contributed by atoms with van der Waals surface area (Å²) in [7, 11) is 0. The van der Waals surface area contributed by atoms with Gasteiger partial charge in [0.25, 0.3) is 0 Å². The fourth-order valence-corrected chi connectivity index (χ4v) is 3.94. The number of hydrogen-bond donors (Lipinski definition) is 0. The van der Waals surface area contributed by atoms with E-state index in [0.29, 0.717) is 8.94 Å². The molecule has 0 radical (unpaired) electrons. The second kappa shape index (κ2) is 5.11. The number of azide groups is 1. The van der Waals surface area contributed by atoms with Crippen LogP contribution in [-0.4, -0.2) is 18.7 Å². The van der Waals surface area contributed by atoms with Crippen LogP contribution in [0.2, 0.25) is 8.94 Å². The summed E-state index contributed by atoms with van der Waals surface area (Å²) in [5.74, 6) is 0. The van der Waals surface area contributed by atoms with Crippen LogP contribution in [0.3, 0.4) is 0 Å². The molecular formula is C4H10N6Te. The molecule has 7 heteroatoms. The summed E-state index contributed by atoms with van der Waals surface area (Å²) >= 11 is -2.85. The molecule has 0 aliphatic carbocycles. The van der Waals surface area contributed by atoms with E-state index in [1.54, 1.807) is 0 Å². The predicted octanol–water partition coefficient (Wildman–Crippen LogP) is 3.09. The van der Waals surface area contributed by atoms with E-state index >= 15 is 0 Å². The first-order valence-corrected chi connectivity index (χ1v) is 8.54. The summed E-state index contributed by atoms with van der Waals surface area (Å²) in [6, 6.07) is 0. The minimum absolute atomic E-state index is 0.715. The van der Waals surface area contributed by atoms with E-state index in [2.05, 4.69) is 16.6 Å². The van der Waals surface area contributed by atoms with Crippen LogP contribution in [0.15, 0.2) is 6.73 Å². The van der Waals surface area contributed by atoms with E-state index in [1.807, 2.05) is 13.8 Å². The van der Waals surface area contributed by atoms with E-state index in [0.717, 1.165) is 0 Å². The molecule has 0 N–H and O–H groups in total. The van der Waals surface area contributed by atoms with E-state index in [1.165, 1.54) is 0 Å². The Kier molecular flexibility index (Phi) is 4.84. The molecule has 0 bridgehead atoms. The molecule has 0 rings (SSSR count). The van der Waals surface area contributed by atoms with Gasteiger partial charge in [0, 0.05) is 0 Å². The van der Waals surface area contributed by atoms with Crippen molar-refractivity contribution in [3.05, 3.63) is 20.9 Å². The van der Waals surface area contributed by atoms with Crippen molar-refractivity contribution >= 4 is 18.7 Å². The molecule has 0 unspecified atom stereocenters. The second-order valence-corrected chi connectivity index (χ2v) is 10.5. The molecule has 11 heavy (non-hydrogen) atoms. The van der Waals surface area contributed by atoms with Crippen LogP contribution in [0, 0.1) is 0 Å². The summed E-state index contributed by atoms with van der Waals surface area (Å²) in [6.45, 7) is 3.79. The van der Waals surface area contributed by atoms with Gasteiger partial charge in [-0.1, -0.05) is 0 Å². The van der Waals surface area contributed by atoms with Crippen molar-refractivity contribution in [1.29, 1.82) is 0 Å². The Labute approximate surface area is 69.4 Å². The zero-order valence-corrected chi connectivity index (χ0v) is 8.84. The van der Waals surface area contributed by atoms with Gasteiger partial charge in [0.2, 0.25) is 0 Å². The molecule has 0 heterocycles. The standard InChI is InChI=1S/C4H10N6Te/c1-3-11(4-2,9-7-5)10-8-6/h3-4H2,1-2H3. The van der Waals surface area contributed by atoms with Crippen LogP contribution in [0.4, 0.5) is 0 Å². The minimum atomic E-state index is -2.85. The van der Waals surface area contributed by atoms with Gasteiger partial charge < -0.3 is 0 Å². The summed E-state index contributed by atoms with van der Waals surface area (Å²) in [5, 5.41) is 0. The molecule has 0 aliphatic heterocycles. The molecule has 0 saturated heterocycles. The molecule has 0 aromatic carbocycles. The molecule has 0 fully saturated rings. The maximum atomic E-state index is 8.21. The topological polar surface area (TPSA) is 97.5 Å². The summed E-state index contributed by atoms with van der Waals surface area (Å²) in [6.07, 6.45) is 0. The normalized spacial score (nSPS) is 11.1. The Balaban J connectivity index is 4.72. The van der Waals surface area contributed by atoms with Gasteiger partial charge >= 0.3 is 69.1 Å². The SMILES string of the molecule is CC[Te](CC)(N=[N+]=[N-])N=[N+]=[N-]. The fourth-order valence-electron chi connectivity index (χ4n) is 0.587. The summed E-state index contributed by atoms with van der Waals surface area (Å²) in [5.41, 5.74) is 16.4. The Bertz CT molecular complexity index is 189. The number of rotatable bonds is 4. The first-order chi connectivity index (χ1) is 5.24. The van der Waals surface area contributed by atoms with Crippen molar-refractivity contribution in [2.75, 3.05) is 0 Å². The molecule has 0 saturated carbocycles. The Morgan fingerprint density at radius 2 is 1.45 bits per heavy atom. The number of hydrogen-bond acceptors (Lipinski definition) is 2. The average Bonchev–Trinajstić information content (AvgIpc) is 2.04.